The summed E-state index contributed by atoms with van der Waals surface area (Å²) >= 11 is 0. The molecule has 24 heavy (non-hydrogen) atoms. The molecule has 2 aromatic heterocycles. The Morgan fingerprint density at radius 2 is 1.46 bits per heavy atom. The van der Waals surface area contributed by atoms with Gasteiger partial charge in [-0.25, -0.2) is 4.98 Å². The lowest BCUT2D eigenvalue weighted by molar-refractivity contribution is 1.32. The molecule has 2 heterocycles. The van der Waals surface area contributed by atoms with Gasteiger partial charge in [0.05, 0.1) is 16.9 Å². The first-order chi connectivity index (χ1) is 11.9. The van der Waals surface area contributed by atoms with Crippen LogP contribution in [-0.4, -0.2) is 17.0 Å². The molecule has 0 aliphatic carbocycles. The van der Waals surface area contributed by atoms with Gasteiger partial charge in [-0.1, -0.05) is 48.5 Å². The molecule has 0 unspecified atom stereocenters. The third kappa shape index (κ3) is 2.40. The lowest BCUT2D eigenvalue weighted by Crippen LogP contribution is -1.99. The zero-order valence-corrected chi connectivity index (χ0v) is 13.4. The average Bonchev–Trinajstić information content (AvgIpc) is 2.67. The number of hydrogen-bond acceptors (Lipinski definition) is 3. The summed E-state index contributed by atoms with van der Waals surface area (Å²) < 4.78 is 0. The SMILES string of the molecule is CNc1c(-c2ccncc2)c(-c2ccccc2)nc2ccccc12. The summed E-state index contributed by atoms with van der Waals surface area (Å²) in [6.45, 7) is 0. The van der Waals surface area contributed by atoms with E-state index in [1.165, 1.54) is 0 Å². The van der Waals surface area contributed by atoms with E-state index in [1.54, 1.807) is 0 Å². The quantitative estimate of drug-likeness (QED) is 0.578. The third-order valence-corrected chi connectivity index (χ3v) is 4.16. The van der Waals surface area contributed by atoms with Gasteiger partial charge in [-0.05, 0) is 23.8 Å². The largest absolute Gasteiger partial charge is 0.387 e. The van der Waals surface area contributed by atoms with Crippen LogP contribution in [0.2, 0.25) is 0 Å². The normalized spacial score (nSPS) is 10.7. The van der Waals surface area contributed by atoms with E-state index in [9.17, 15) is 0 Å². The second kappa shape index (κ2) is 6.13. The molecule has 0 aliphatic heterocycles. The fraction of sp³-hybridized carbons (Fsp3) is 0.0476. The van der Waals surface area contributed by atoms with Crippen LogP contribution in [0.25, 0.3) is 33.3 Å². The lowest BCUT2D eigenvalue weighted by Gasteiger charge is -2.17. The summed E-state index contributed by atoms with van der Waals surface area (Å²) in [6, 6.07) is 22.6. The van der Waals surface area contributed by atoms with Crippen molar-refractivity contribution in [2.45, 2.75) is 0 Å². The number of nitrogens with zero attached hydrogens (tertiary/aromatic N) is 2. The minimum absolute atomic E-state index is 0.977. The van der Waals surface area contributed by atoms with Crippen molar-refractivity contribution in [1.29, 1.82) is 0 Å². The van der Waals surface area contributed by atoms with Crippen LogP contribution in [0.4, 0.5) is 5.69 Å². The molecule has 0 radical (unpaired) electrons. The Bertz CT molecular complexity index is 980. The second-order valence-electron chi connectivity index (χ2n) is 5.58. The molecule has 1 N–H and O–H groups in total. The van der Waals surface area contributed by atoms with Crippen LogP contribution in [0.1, 0.15) is 0 Å². The van der Waals surface area contributed by atoms with Gasteiger partial charge >= 0.3 is 0 Å². The van der Waals surface area contributed by atoms with Gasteiger partial charge in [0.2, 0.25) is 0 Å². The summed E-state index contributed by atoms with van der Waals surface area (Å²) in [5.41, 5.74) is 6.36. The summed E-state index contributed by atoms with van der Waals surface area (Å²) in [6.07, 6.45) is 3.64. The number of hydrogen-bond donors (Lipinski definition) is 1. The van der Waals surface area contributed by atoms with Crippen molar-refractivity contribution < 1.29 is 0 Å². The monoisotopic (exact) mass is 311 g/mol. The third-order valence-electron chi connectivity index (χ3n) is 4.16. The summed E-state index contributed by atoms with van der Waals surface area (Å²) in [5.74, 6) is 0. The van der Waals surface area contributed by atoms with Crippen molar-refractivity contribution >= 4 is 16.6 Å². The van der Waals surface area contributed by atoms with Gasteiger partial charge in [-0.3, -0.25) is 4.98 Å². The van der Waals surface area contributed by atoms with E-state index in [-0.39, 0.29) is 0 Å². The van der Waals surface area contributed by atoms with Crippen LogP contribution < -0.4 is 5.32 Å². The number of aromatic nitrogens is 2. The average molecular weight is 311 g/mol. The Morgan fingerprint density at radius 3 is 2.21 bits per heavy atom. The van der Waals surface area contributed by atoms with Gasteiger partial charge in [0.15, 0.2) is 0 Å². The first-order valence-electron chi connectivity index (χ1n) is 7.95. The van der Waals surface area contributed by atoms with E-state index in [4.69, 9.17) is 4.98 Å². The van der Waals surface area contributed by atoms with Gasteiger partial charge in [0.1, 0.15) is 0 Å². The highest BCUT2D eigenvalue weighted by Crippen LogP contribution is 2.40. The van der Waals surface area contributed by atoms with E-state index in [1.807, 2.05) is 61.9 Å². The van der Waals surface area contributed by atoms with E-state index in [2.05, 4.69) is 34.6 Å². The highest BCUT2D eigenvalue weighted by Gasteiger charge is 2.17. The molecule has 0 amide bonds. The molecular weight excluding hydrogens is 294 g/mol. The van der Waals surface area contributed by atoms with Crippen LogP contribution in [-0.2, 0) is 0 Å². The molecule has 3 heteroatoms. The van der Waals surface area contributed by atoms with Gasteiger partial charge in [0.25, 0.3) is 0 Å². The van der Waals surface area contributed by atoms with E-state index >= 15 is 0 Å². The van der Waals surface area contributed by atoms with Crippen molar-refractivity contribution in [2.75, 3.05) is 12.4 Å². The Hall–Kier alpha value is -3.20. The van der Waals surface area contributed by atoms with Crippen molar-refractivity contribution in [3.05, 3.63) is 79.1 Å². The molecule has 0 fully saturated rings. The molecule has 0 atom stereocenters. The van der Waals surface area contributed by atoms with E-state index in [0.29, 0.717) is 0 Å². The van der Waals surface area contributed by atoms with Crippen LogP contribution >= 0.6 is 0 Å². The molecule has 116 valence electrons. The fourth-order valence-electron chi connectivity index (χ4n) is 3.08. The first-order valence-corrected chi connectivity index (χ1v) is 7.95. The number of pyridine rings is 2. The predicted octanol–water partition coefficient (Wildman–Crippen LogP) is 5.01. The van der Waals surface area contributed by atoms with Crippen LogP contribution in [0, 0.1) is 0 Å². The molecule has 4 rings (SSSR count). The number of benzene rings is 2. The molecule has 4 aromatic rings. The number of fused-ring (bicyclic) bond motifs is 1. The molecule has 0 aliphatic rings. The molecule has 0 spiro atoms. The maximum atomic E-state index is 4.97. The Labute approximate surface area is 141 Å². The fourth-order valence-corrected chi connectivity index (χ4v) is 3.08. The zero-order valence-electron chi connectivity index (χ0n) is 13.4. The summed E-state index contributed by atoms with van der Waals surface area (Å²) in [4.78, 5) is 9.12. The van der Waals surface area contributed by atoms with Crippen LogP contribution in [0.15, 0.2) is 79.1 Å². The highest BCUT2D eigenvalue weighted by atomic mass is 14.9. The Morgan fingerprint density at radius 1 is 0.750 bits per heavy atom. The number of rotatable bonds is 3. The zero-order chi connectivity index (χ0) is 16.4. The van der Waals surface area contributed by atoms with Crippen molar-refractivity contribution in [3.8, 4) is 22.4 Å². The molecule has 2 aromatic carbocycles. The Kier molecular flexibility index (Phi) is 3.67. The molecule has 3 nitrogen and oxygen atoms in total. The highest BCUT2D eigenvalue weighted by molar-refractivity contribution is 6.04. The first kappa shape index (κ1) is 14.4. The second-order valence-corrected chi connectivity index (χ2v) is 5.58. The van der Waals surface area contributed by atoms with Crippen molar-refractivity contribution in [2.24, 2.45) is 0 Å². The summed E-state index contributed by atoms with van der Waals surface area (Å²) in [5, 5.41) is 4.50. The maximum absolute atomic E-state index is 4.97. The van der Waals surface area contributed by atoms with Crippen molar-refractivity contribution in [1.82, 2.24) is 9.97 Å². The van der Waals surface area contributed by atoms with Gasteiger partial charge < -0.3 is 5.32 Å². The van der Waals surface area contributed by atoms with E-state index in [0.717, 1.165) is 39.0 Å². The van der Waals surface area contributed by atoms with Gasteiger partial charge in [-0.2, -0.15) is 0 Å². The molecular formula is C21H17N3. The van der Waals surface area contributed by atoms with Crippen molar-refractivity contribution in [3.63, 3.8) is 0 Å². The maximum Gasteiger partial charge on any atom is 0.0808 e. The topological polar surface area (TPSA) is 37.8 Å². The predicted molar refractivity (Wildman–Crippen MR) is 100.0 cm³/mol. The molecule has 0 saturated carbocycles. The number of nitrogens with one attached hydrogen (secondary N) is 1. The lowest BCUT2D eigenvalue weighted by atomic mass is 9.95. The minimum atomic E-state index is 0.977. The van der Waals surface area contributed by atoms with E-state index < -0.39 is 0 Å². The number of anilines is 1. The summed E-state index contributed by atoms with van der Waals surface area (Å²) in [7, 11) is 1.96. The number of para-hydroxylation sites is 1. The molecule has 0 saturated heterocycles. The van der Waals surface area contributed by atoms with Crippen LogP contribution in [0.3, 0.4) is 0 Å². The standard InChI is InChI=1S/C21H17N3/c1-22-21-17-9-5-6-10-18(17)24-20(16-7-3-2-4-8-16)19(21)15-11-13-23-14-12-15/h2-14H,1H3,(H,22,24). The molecule has 0 bridgehead atoms. The van der Waals surface area contributed by atoms with Crippen LogP contribution in [0.5, 0.6) is 0 Å². The van der Waals surface area contributed by atoms with Gasteiger partial charge in [0, 0.05) is 36.0 Å². The smallest absolute Gasteiger partial charge is 0.0808 e. The minimum Gasteiger partial charge on any atom is -0.387 e. The Balaban J connectivity index is 2.13. The van der Waals surface area contributed by atoms with Gasteiger partial charge in [-0.15, -0.1) is 0 Å².